The minimum Gasteiger partial charge on any atom is -0.438 e. The van der Waals surface area contributed by atoms with E-state index in [1.54, 1.807) is 18.3 Å². The van der Waals surface area contributed by atoms with E-state index in [1.807, 2.05) is 4.68 Å². The minimum atomic E-state index is -3.27. The second kappa shape index (κ2) is 9.56. The van der Waals surface area contributed by atoms with Gasteiger partial charge in [-0.2, -0.15) is 5.10 Å². The van der Waals surface area contributed by atoms with Gasteiger partial charge in [-0.05, 0) is 43.0 Å². The van der Waals surface area contributed by atoms with E-state index in [-0.39, 0.29) is 10.9 Å². The van der Waals surface area contributed by atoms with Crippen LogP contribution in [0.4, 0.5) is 0 Å². The number of likely N-dealkylation sites (tertiary alicyclic amines) is 1. The Labute approximate surface area is 193 Å². The average molecular weight is 472 g/mol. The number of hydrogen-bond acceptors (Lipinski definition) is 8. The van der Waals surface area contributed by atoms with Crippen LogP contribution in [-0.4, -0.2) is 64.7 Å². The molecule has 9 nitrogen and oxygen atoms in total. The number of carbonyl (C=O) groups excluding carboxylic acids is 1. The molecule has 1 fully saturated rings. The lowest BCUT2D eigenvalue weighted by atomic mass is 10.0. The highest BCUT2D eigenvalue weighted by Gasteiger charge is 2.25. The minimum absolute atomic E-state index is 0.191. The van der Waals surface area contributed by atoms with Crippen LogP contribution in [0.2, 0.25) is 0 Å². The van der Waals surface area contributed by atoms with Crippen LogP contribution in [0.3, 0.4) is 0 Å². The summed E-state index contributed by atoms with van der Waals surface area (Å²) in [6, 6.07) is 6.41. The third kappa shape index (κ3) is 5.56. The van der Waals surface area contributed by atoms with Gasteiger partial charge in [0.05, 0.1) is 23.7 Å². The molecule has 0 radical (unpaired) electrons. The van der Waals surface area contributed by atoms with Crippen LogP contribution in [0, 0.1) is 5.92 Å². The Hall–Kier alpha value is -2.85. The van der Waals surface area contributed by atoms with E-state index < -0.39 is 9.84 Å². The summed E-state index contributed by atoms with van der Waals surface area (Å²) in [6.45, 7) is 6.34. The molecule has 0 unspecified atom stereocenters. The maximum absolute atomic E-state index is 12.1. The van der Waals surface area contributed by atoms with Gasteiger partial charge < -0.3 is 4.74 Å². The Morgan fingerprint density at radius 1 is 1.15 bits per heavy atom. The van der Waals surface area contributed by atoms with Crippen molar-refractivity contribution in [2.24, 2.45) is 5.92 Å². The van der Waals surface area contributed by atoms with Crippen molar-refractivity contribution < 1.29 is 17.9 Å². The second-order valence-corrected chi connectivity index (χ2v) is 11.0. The van der Waals surface area contributed by atoms with Crippen LogP contribution < -0.4 is 4.74 Å². The molecule has 33 heavy (non-hydrogen) atoms. The molecule has 0 atom stereocenters. The fraction of sp³-hybridized carbons (Fsp3) is 0.478. The molecule has 0 N–H and O–H groups in total. The third-order valence-corrected chi connectivity index (χ3v) is 6.89. The molecule has 4 rings (SSSR count). The number of benzene rings is 1. The van der Waals surface area contributed by atoms with Gasteiger partial charge in [0.25, 0.3) is 0 Å². The quantitative estimate of drug-likeness (QED) is 0.493. The van der Waals surface area contributed by atoms with E-state index in [4.69, 9.17) is 4.74 Å². The zero-order valence-corrected chi connectivity index (χ0v) is 20.0. The predicted octanol–water partition coefficient (Wildman–Crippen LogP) is 3.27. The fourth-order valence-corrected chi connectivity index (χ4v) is 4.78. The first-order chi connectivity index (χ1) is 15.7. The summed E-state index contributed by atoms with van der Waals surface area (Å²) in [5.41, 5.74) is 0.696. The Morgan fingerprint density at radius 3 is 2.48 bits per heavy atom. The average Bonchev–Trinajstić information content (AvgIpc) is 3.19. The molecule has 1 aliphatic heterocycles. The van der Waals surface area contributed by atoms with Gasteiger partial charge in [-0.15, -0.1) is 0 Å². The molecule has 10 heteroatoms. The molecule has 0 amide bonds. The van der Waals surface area contributed by atoms with Gasteiger partial charge in [-0.1, -0.05) is 13.8 Å². The van der Waals surface area contributed by atoms with E-state index in [0.717, 1.165) is 25.9 Å². The summed E-state index contributed by atoms with van der Waals surface area (Å²) in [5, 5.41) is 5.26. The SMILES string of the molecule is CC(C)CC(=O)CN1CCC(n2ncc3c(Oc4ccc(S(C)(=O)=O)cc4)ncnc32)CC1. The zero-order valence-electron chi connectivity index (χ0n) is 19.1. The van der Waals surface area contributed by atoms with Crippen LogP contribution in [0.25, 0.3) is 11.0 Å². The van der Waals surface area contributed by atoms with E-state index in [1.165, 1.54) is 24.7 Å². The van der Waals surface area contributed by atoms with Crippen molar-refractivity contribution in [3.63, 3.8) is 0 Å². The molecule has 0 spiro atoms. The Kier molecular flexibility index (Phi) is 6.76. The number of nitrogens with zero attached hydrogens (tertiary/aromatic N) is 5. The first-order valence-electron chi connectivity index (χ1n) is 11.1. The normalized spacial score (nSPS) is 15.9. The van der Waals surface area contributed by atoms with Gasteiger partial charge in [-0.25, -0.2) is 23.1 Å². The number of carbonyl (C=O) groups is 1. The first kappa shape index (κ1) is 23.3. The second-order valence-electron chi connectivity index (χ2n) is 8.99. The van der Waals surface area contributed by atoms with E-state index in [9.17, 15) is 13.2 Å². The third-order valence-electron chi connectivity index (χ3n) is 5.76. The van der Waals surface area contributed by atoms with E-state index in [0.29, 0.717) is 47.3 Å². The highest BCUT2D eigenvalue weighted by Crippen LogP contribution is 2.31. The maximum Gasteiger partial charge on any atom is 0.233 e. The van der Waals surface area contributed by atoms with Gasteiger partial charge in [-0.3, -0.25) is 9.69 Å². The number of ketones is 1. The molecular weight excluding hydrogens is 442 g/mol. The van der Waals surface area contributed by atoms with Crippen LogP contribution >= 0.6 is 0 Å². The number of ether oxygens (including phenoxy) is 1. The number of aromatic nitrogens is 4. The largest absolute Gasteiger partial charge is 0.438 e. The number of piperidine rings is 1. The van der Waals surface area contributed by atoms with Gasteiger partial charge in [0.2, 0.25) is 5.88 Å². The smallest absolute Gasteiger partial charge is 0.233 e. The number of sulfone groups is 1. The predicted molar refractivity (Wildman–Crippen MR) is 124 cm³/mol. The summed E-state index contributed by atoms with van der Waals surface area (Å²) >= 11 is 0. The molecule has 3 heterocycles. The number of hydrogen-bond donors (Lipinski definition) is 0. The molecule has 0 aliphatic carbocycles. The number of rotatable bonds is 8. The van der Waals surface area contributed by atoms with Crippen molar-refractivity contribution in [3.05, 3.63) is 36.8 Å². The number of fused-ring (bicyclic) bond motifs is 1. The summed E-state index contributed by atoms with van der Waals surface area (Å²) in [6.07, 6.45) is 6.71. The molecule has 1 aromatic carbocycles. The zero-order chi connectivity index (χ0) is 23.6. The molecule has 1 aliphatic rings. The summed E-state index contributed by atoms with van der Waals surface area (Å²) < 4.78 is 31.1. The topological polar surface area (TPSA) is 107 Å². The first-order valence-corrected chi connectivity index (χ1v) is 13.0. The van der Waals surface area contributed by atoms with Gasteiger partial charge in [0, 0.05) is 25.8 Å². The Morgan fingerprint density at radius 2 is 1.85 bits per heavy atom. The Bertz CT molecular complexity index is 1230. The van der Waals surface area contributed by atoms with Crippen molar-refractivity contribution in [2.45, 2.75) is 44.0 Å². The lowest BCUT2D eigenvalue weighted by molar-refractivity contribution is -0.121. The number of Topliss-reactive ketones (excluding diaryl/α,β-unsaturated/α-hetero) is 1. The lowest BCUT2D eigenvalue weighted by Gasteiger charge is -2.31. The van der Waals surface area contributed by atoms with Crippen LogP contribution in [0.15, 0.2) is 41.7 Å². The van der Waals surface area contributed by atoms with Crippen LogP contribution in [0.5, 0.6) is 11.6 Å². The summed E-state index contributed by atoms with van der Waals surface area (Å²) in [5.74, 6) is 1.54. The molecule has 2 aromatic heterocycles. The van der Waals surface area contributed by atoms with Crippen molar-refractivity contribution in [2.75, 3.05) is 25.9 Å². The maximum atomic E-state index is 12.1. The van der Waals surface area contributed by atoms with Crippen LogP contribution in [0.1, 0.15) is 39.2 Å². The van der Waals surface area contributed by atoms with Gasteiger partial charge in [0.1, 0.15) is 23.2 Å². The molecule has 0 saturated carbocycles. The summed E-state index contributed by atoms with van der Waals surface area (Å²) in [4.78, 5) is 23.3. The Balaban J connectivity index is 1.45. The highest BCUT2D eigenvalue weighted by atomic mass is 32.2. The van der Waals surface area contributed by atoms with Crippen molar-refractivity contribution in [3.8, 4) is 11.6 Å². The fourth-order valence-electron chi connectivity index (χ4n) is 4.15. The highest BCUT2D eigenvalue weighted by molar-refractivity contribution is 7.90. The van der Waals surface area contributed by atoms with Crippen molar-refractivity contribution in [1.29, 1.82) is 0 Å². The van der Waals surface area contributed by atoms with E-state index >= 15 is 0 Å². The molecule has 0 bridgehead atoms. The molecule has 1 saturated heterocycles. The van der Waals surface area contributed by atoms with Crippen molar-refractivity contribution in [1.82, 2.24) is 24.6 Å². The molecule has 176 valence electrons. The van der Waals surface area contributed by atoms with E-state index in [2.05, 4.69) is 33.8 Å². The van der Waals surface area contributed by atoms with Gasteiger partial charge >= 0.3 is 0 Å². The van der Waals surface area contributed by atoms with Crippen molar-refractivity contribution >= 4 is 26.7 Å². The standard InChI is InChI=1S/C23H29N5O4S/c1-16(2)12-18(29)14-27-10-8-17(9-11-27)28-22-21(13-26-28)23(25-15-24-22)32-19-4-6-20(7-5-19)33(3,30)31/h4-7,13,15-17H,8-12,14H2,1-3H3. The van der Waals surface area contributed by atoms with Gasteiger partial charge in [0.15, 0.2) is 15.5 Å². The molecule has 3 aromatic rings. The monoisotopic (exact) mass is 471 g/mol. The van der Waals surface area contributed by atoms with Crippen LogP contribution in [-0.2, 0) is 14.6 Å². The summed E-state index contributed by atoms with van der Waals surface area (Å²) in [7, 11) is -3.27. The lowest BCUT2D eigenvalue weighted by Crippen LogP contribution is -2.38. The molecular formula is C23H29N5O4S.